The molecule has 0 atom stereocenters. The summed E-state index contributed by atoms with van der Waals surface area (Å²) in [4.78, 5) is 11.1. The third-order valence-corrected chi connectivity index (χ3v) is 7.54. The van der Waals surface area contributed by atoms with E-state index in [9.17, 15) is 48.0 Å². The first-order valence-electron chi connectivity index (χ1n) is 6.50. The summed E-state index contributed by atoms with van der Waals surface area (Å²) in [5.74, 6) is -0.623. The summed E-state index contributed by atoms with van der Waals surface area (Å²) in [5.41, 5.74) is -12.2. The van der Waals surface area contributed by atoms with Crippen LogP contribution in [0.2, 0.25) is 0 Å². The molecule has 0 saturated heterocycles. The molecule has 14 heteroatoms. The van der Waals surface area contributed by atoms with E-state index in [1.165, 1.54) is 6.92 Å². The minimum Gasteiger partial charge on any atom is -0.352 e. The van der Waals surface area contributed by atoms with E-state index in [0.29, 0.717) is 0 Å². The van der Waals surface area contributed by atoms with Gasteiger partial charge in [0, 0.05) is 12.1 Å². The van der Waals surface area contributed by atoms with Crippen molar-refractivity contribution in [3.8, 4) is 0 Å². The SMILES string of the molecule is C=C(C)C(=O)NCCCCC(S(=O)(=O)C(F)(F)F)S(=O)(=O)C(F)(F)F. The molecule has 1 amide bonds. The van der Waals surface area contributed by atoms with Crippen molar-refractivity contribution >= 4 is 25.6 Å². The van der Waals surface area contributed by atoms with E-state index in [0.717, 1.165) is 0 Å². The molecule has 25 heavy (non-hydrogen) atoms. The van der Waals surface area contributed by atoms with Crippen LogP contribution in [0.25, 0.3) is 0 Å². The van der Waals surface area contributed by atoms with Crippen LogP contribution in [-0.2, 0) is 24.5 Å². The molecule has 0 saturated carbocycles. The average molecular weight is 419 g/mol. The molecule has 0 unspecified atom stereocenters. The van der Waals surface area contributed by atoms with Gasteiger partial charge in [0.05, 0.1) is 0 Å². The fraction of sp³-hybridized carbons (Fsp3) is 0.727. The van der Waals surface area contributed by atoms with Gasteiger partial charge in [-0.15, -0.1) is 0 Å². The fourth-order valence-electron chi connectivity index (χ4n) is 1.56. The van der Waals surface area contributed by atoms with Crippen LogP contribution in [0.4, 0.5) is 26.3 Å². The number of amides is 1. The second-order valence-corrected chi connectivity index (χ2v) is 9.49. The van der Waals surface area contributed by atoms with Crippen molar-refractivity contribution in [3.05, 3.63) is 12.2 Å². The first kappa shape index (κ1) is 23.7. The Kier molecular flexibility index (Phi) is 7.51. The van der Waals surface area contributed by atoms with Crippen molar-refractivity contribution in [2.24, 2.45) is 0 Å². The lowest BCUT2D eigenvalue weighted by atomic mass is 10.2. The molecule has 0 radical (unpaired) electrons. The number of hydrogen-bond acceptors (Lipinski definition) is 5. The highest BCUT2D eigenvalue weighted by Gasteiger charge is 2.62. The summed E-state index contributed by atoms with van der Waals surface area (Å²) in [7, 11) is -13.2. The Balaban J connectivity index is 5.29. The van der Waals surface area contributed by atoms with Crippen molar-refractivity contribution in [3.63, 3.8) is 0 Å². The van der Waals surface area contributed by atoms with Crippen LogP contribution in [0.1, 0.15) is 26.2 Å². The maximum Gasteiger partial charge on any atom is 0.498 e. The van der Waals surface area contributed by atoms with E-state index in [1.807, 2.05) is 0 Å². The number of halogens is 6. The Bertz CT molecular complexity index is 664. The molecular weight excluding hydrogens is 404 g/mol. The van der Waals surface area contributed by atoms with Gasteiger partial charge in [0.25, 0.3) is 19.7 Å². The molecule has 0 aromatic carbocycles. The molecule has 0 bridgehead atoms. The molecule has 0 aliphatic rings. The van der Waals surface area contributed by atoms with Crippen molar-refractivity contribution in [2.75, 3.05) is 6.54 Å². The van der Waals surface area contributed by atoms with E-state index in [1.54, 1.807) is 0 Å². The number of alkyl halides is 6. The molecule has 0 fully saturated rings. The van der Waals surface area contributed by atoms with E-state index in [-0.39, 0.29) is 18.5 Å². The van der Waals surface area contributed by atoms with Crippen LogP contribution < -0.4 is 5.32 Å². The van der Waals surface area contributed by atoms with Crippen LogP contribution in [0.15, 0.2) is 12.2 Å². The zero-order chi connectivity index (χ0) is 20.3. The van der Waals surface area contributed by atoms with Gasteiger partial charge in [-0.3, -0.25) is 4.79 Å². The monoisotopic (exact) mass is 419 g/mol. The normalized spacial score (nSPS) is 13.8. The fourth-order valence-corrected chi connectivity index (χ4v) is 5.10. The van der Waals surface area contributed by atoms with Crippen LogP contribution in [-0.4, -0.2) is 44.9 Å². The molecule has 0 rings (SSSR count). The molecule has 6 nitrogen and oxygen atoms in total. The van der Waals surface area contributed by atoms with Gasteiger partial charge >= 0.3 is 11.0 Å². The predicted octanol–water partition coefficient (Wildman–Crippen LogP) is 2.04. The minimum absolute atomic E-state index is 0.0946. The lowest BCUT2D eigenvalue weighted by molar-refractivity contribution is -0.117. The van der Waals surface area contributed by atoms with Gasteiger partial charge < -0.3 is 5.32 Å². The molecule has 0 aliphatic carbocycles. The summed E-state index contributed by atoms with van der Waals surface area (Å²) in [5, 5.41) is 2.21. The maximum absolute atomic E-state index is 12.5. The summed E-state index contributed by atoms with van der Waals surface area (Å²) in [6, 6.07) is 0. The van der Waals surface area contributed by atoms with Gasteiger partial charge in [0.1, 0.15) is 0 Å². The van der Waals surface area contributed by atoms with Crippen molar-refractivity contribution in [2.45, 2.75) is 41.8 Å². The third-order valence-electron chi connectivity index (χ3n) is 2.88. The Morgan fingerprint density at radius 3 is 1.68 bits per heavy atom. The number of hydrogen-bond donors (Lipinski definition) is 1. The van der Waals surface area contributed by atoms with Gasteiger partial charge in [-0.1, -0.05) is 6.58 Å². The topological polar surface area (TPSA) is 97.4 Å². The largest absolute Gasteiger partial charge is 0.498 e. The number of unbranched alkanes of at least 4 members (excludes halogenated alkanes) is 1. The molecule has 0 aromatic heterocycles. The van der Waals surface area contributed by atoms with Gasteiger partial charge in [0.2, 0.25) is 5.91 Å². The quantitative estimate of drug-likeness (QED) is 0.369. The zero-order valence-electron chi connectivity index (χ0n) is 12.7. The lowest BCUT2D eigenvalue weighted by Gasteiger charge is -2.20. The number of nitrogens with one attached hydrogen (secondary N) is 1. The summed E-state index contributed by atoms with van der Waals surface area (Å²) in [6.45, 7) is 4.41. The Labute approximate surface area is 140 Å². The average Bonchev–Trinajstić information content (AvgIpc) is 2.38. The second-order valence-electron chi connectivity index (χ2n) is 4.94. The third kappa shape index (κ3) is 5.87. The zero-order valence-corrected chi connectivity index (χ0v) is 14.4. The standard InChI is InChI=1S/C11H15F6NO5S2/c1-7(2)9(19)18-6-4-3-5-8(24(20,21)10(12,13)14)25(22,23)11(15,16)17/h8H,1,3-6H2,2H3,(H,18,19). The first-order chi connectivity index (χ1) is 11.0. The van der Waals surface area contributed by atoms with Gasteiger partial charge in [-0.25, -0.2) is 16.8 Å². The molecule has 0 spiro atoms. The number of sulfone groups is 2. The van der Waals surface area contributed by atoms with E-state index in [2.05, 4.69) is 11.9 Å². The van der Waals surface area contributed by atoms with Gasteiger partial charge in [-0.05, 0) is 26.2 Å². The van der Waals surface area contributed by atoms with Crippen molar-refractivity contribution in [1.82, 2.24) is 5.32 Å². The van der Waals surface area contributed by atoms with E-state index >= 15 is 0 Å². The molecule has 0 aromatic rings. The summed E-state index contributed by atoms with van der Waals surface area (Å²) in [6.07, 6.45) is -2.28. The second kappa shape index (κ2) is 7.93. The highest BCUT2D eigenvalue weighted by atomic mass is 32.3. The van der Waals surface area contributed by atoms with Crippen LogP contribution in [0, 0.1) is 0 Å². The first-order valence-corrected chi connectivity index (χ1v) is 9.59. The molecule has 0 heterocycles. The van der Waals surface area contributed by atoms with Gasteiger partial charge in [-0.2, -0.15) is 26.3 Å². The highest BCUT2D eigenvalue weighted by molar-refractivity contribution is 8.09. The Morgan fingerprint density at radius 2 is 1.36 bits per heavy atom. The minimum atomic E-state index is -6.61. The molecule has 0 aliphatic heterocycles. The van der Waals surface area contributed by atoms with Crippen molar-refractivity contribution < 1.29 is 48.0 Å². The lowest BCUT2D eigenvalue weighted by Crippen LogP contribution is -2.44. The number of carbonyl (C=O) groups is 1. The smallest absolute Gasteiger partial charge is 0.352 e. The summed E-state index contributed by atoms with van der Waals surface area (Å²) < 4.78 is 116. The molecular formula is C11H15F6NO5S2. The number of rotatable bonds is 8. The van der Waals surface area contributed by atoms with Crippen molar-refractivity contribution in [1.29, 1.82) is 0 Å². The highest BCUT2D eigenvalue weighted by Crippen LogP contribution is 2.38. The maximum atomic E-state index is 12.5. The van der Waals surface area contributed by atoms with Crippen LogP contribution in [0.5, 0.6) is 0 Å². The van der Waals surface area contributed by atoms with Gasteiger partial charge in [0.15, 0.2) is 4.58 Å². The van der Waals surface area contributed by atoms with Crippen LogP contribution in [0.3, 0.4) is 0 Å². The van der Waals surface area contributed by atoms with E-state index in [4.69, 9.17) is 0 Å². The molecule has 1 N–H and O–H groups in total. The number of carbonyl (C=O) groups excluding carboxylic acids is 1. The Hall–Kier alpha value is -1.31. The Morgan fingerprint density at radius 1 is 0.960 bits per heavy atom. The van der Waals surface area contributed by atoms with Crippen LogP contribution >= 0.6 is 0 Å². The van der Waals surface area contributed by atoms with E-state index < -0.39 is 54.0 Å². The molecule has 148 valence electrons. The summed E-state index contributed by atoms with van der Waals surface area (Å²) >= 11 is 0. The predicted molar refractivity (Wildman–Crippen MR) is 75.4 cm³/mol.